The predicted octanol–water partition coefficient (Wildman–Crippen LogP) is 2.72. The van der Waals surface area contributed by atoms with Gasteiger partial charge in [-0.1, -0.05) is 44.2 Å². The highest BCUT2D eigenvalue weighted by Gasteiger charge is 2.28. The van der Waals surface area contributed by atoms with Crippen LogP contribution in [0.1, 0.15) is 25.0 Å². The van der Waals surface area contributed by atoms with Crippen LogP contribution >= 0.6 is 11.3 Å². The Hall–Kier alpha value is -1.70. The maximum Gasteiger partial charge on any atom is 0.250 e. The summed E-state index contributed by atoms with van der Waals surface area (Å²) < 4.78 is 27.5. The number of carbonyl (C=O) groups is 1. The zero-order chi connectivity index (χ0) is 18.4. The zero-order valence-corrected chi connectivity index (χ0v) is 16.3. The van der Waals surface area contributed by atoms with Crippen molar-refractivity contribution in [2.24, 2.45) is 5.92 Å². The molecule has 1 aromatic heterocycles. The fourth-order valence-corrected chi connectivity index (χ4v) is 4.81. The lowest BCUT2D eigenvalue weighted by molar-refractivity contribution is -0.123. The Morgan fingerprint density at radius 3 is 2.48 bits per heavy atom. The number of aryl methyl sites for hydroxylation is 1. The summed E-state index contributed by atoms with van der Waals surface area (Å²) in [4.78, 5) is 12.5. The smallest absolute Gasteiger partial charge is 0.250 e. The van der Waals surface area contributed by atoms with Crippen LogP contribution in [0.3, 0.4) is 0 Å². The van der Waals surface area contributed by atoms with E-state index in [4.69, 9.17) is 0 Å². The first kappa shape index (κ1) is 19.6. The SMILES string of the molecule is Cc1ccccc1CCNC(=O)C(NS(=O)(=O)c1cccs1)C(C)C. The van der Waals surface area contributed by atoms with E-state index in [9.17, 15) is 13.2 Å². The Morgan fingerprint density at radius 1 is 1.16 bits per heavy atom. The lowest BCUT2D eigenvalue weighted by Crippen LogP contribution is -2.49. The van der Waals surface area contributed by atoms with Gasteiger partial charge in [-0.15, -0.1) is 11.3 Å². The lowest BCUT2D eigenvalue weighted by atomic mass is 10.0. The Labute approximate surface area is 153 Å². The standard InChI is InChI=1S/C18H24N2O3S2/c1-13(2)17(20-25(22,23)16-9-6-12-24-16)18(21)19-11-10-15-8-5-4-7-14(15)3/h4-9,12-13,17,20H,10-11H2,1-3H3,(H,19,21). The minimum atomic E-state index is -3.68. The number of hydrogen-bond donors (Lipinski definition) is 2. The molecule has 1 atom stereocenters. The lowest BCUT2D eigenvalue weighted by Gasteiger charge is -2.21. The second-order valence-corrected chi connectivity index (χ2v) is 9.13. The summed E-state index contributed by atoms with van der Waals surface area (Å²) in [6, 6.07) is 10.4. The van der Waals surface area contributed by atoms with Crippen LogP contribution in [0.5, 0.6) is 0 Å². The molecule has 7 heteroatoms. The Kier molecular flexibility index (Phi) is 6.75. The van der Waals surface area contributed by atoms with Gasteiger partial charge >= 0.3 is 0 Å². The van der Waals surface area contributed by atoms with Gasteiger partial charge < -0.3 is 5.32 Å². The van der Waals surface area contributed by atoms with Gasteiger partial charge in [-0.2, -0.15) is 4.72 Å². The van der Waals surface area contributed by atoms with Crippen LogP contribution in [0, 0.1) is 12.8 Å². The number of thiophene rings is 1. The molecule has 0 spiro atoms. The van der Waals surface area contributed by atoms with Gasteiger partial charge in [-0.25, -0.2) is 8.42 Å². The number of rotatable bonds is 8. The first-order valence-corrected chi connectivity index (χ1v) is 10.6. The Morgan fingerprint density at radius 2 is 1.88 bits per heavy atom. The highest BCUT2D eigenvalue weighted by atomic mass is 32.2. The van der Waals surface area contributed by atoms with Crippen molar-refractivity contribution in [3.8, 4) is 0 Å². The van der Waals surface area contributed by atoms with E-state index in [-0.39, 0.29) is 16.0 Å². The molecular formula is C18H24N2O3S2. The topological polar surface area (TPSA) is 75.3 Å². The van der Waals surface area contributed by atoms with E-state index >= 15 is 0 Å². The first-order chi connectivity index (χ1) is 11.8. The number of benzene rings is 1. The molecule has 1 amide bonds. The van der Waals surface area contributed by atoms with Crippen molar-refractivity contribution in [3.63, 3.8) is 0 Å². The van der Waals surface area contributed by atoms with Crippen molar-refractivity contribution in [1.29, 1.82) is 0 Å². The molecule has 0 radical (unpaired) electrons. The molecule has 1 unspecified atom stereocenters. The minimum absolute atomic E-state index is 0.159. The van der Waals surface area contributed by atoms with Crippen molar-refractivity contribution in [2.45, 2.75) is 37.4 Å². The molecule has 2 aromatic rings. The van der Waals surface area contributed by atoms with Gasteiger partial charge in [-0.05, 0) is 41.8 Å². The van der Waals surface area contributed by atoms with Crippen LogP contribution in [0.4, 0.5) is 0 Å². The predicted molar refractivity (Wildman–Crippen MR) is 101 cm³/mol. The minimum Gasteiger partial charge on any atom is -0.354 e. The van der Waals surface area contributed by atoms with E-state index in [1.807, 2.05) is 45.0 Å². The Bertz CT molecular complexity index is 799. The molecule has 0 saturated heterocycles. The molecule has 1 heterocycles. The highest BCUT2D eigenvalue weighted by Crippen LogP contribution is 2.17. The van der Waals surface area contributed by atoms with Crippen LogP contribution in [0.15, 0.2) is 46.0 Å². The Balaban J connectivity index is 1.98. The molecular weight excluding hydrogens is 356 g/mol. The summed E-state index contributed by atoms with van der Waals surface area (Å²) in [6.07, 6.45) is 0.709. The van der Waals surface area contributed by atoms with Gasteiger partial charge in [0.05, 0.1) is 0 Å². The monoisotopic (exact) mass is 380 g/mol. The third-order valence-electron chi connectivity index (χ3n) is 3.95. The van der Waals surface area contributed by atoms with E-state index in [1.165, 1.54) is 17.2 Å². The number of sulfonamides is 1. The molecule has 2 N–H and O–H groups in total. The molecule has 0 bridgehead atoms. The van der Waals surface area contributed by atoms with Crippen LogP contribution in [0.25, 0.3) is 0 Å². The van der Waals surface area contributed by atoms with E-state index in [0.29, 0.717) is 13.0 Å². The van der Waals surface area contributed by atoms with Crippen LogP contribution in [-0.4, -0.2) is 26.9 Å². The normalized spacial score (nSPS) is 13.0. The molecule has 2 rings (SSSR count). The number of hydrogen-bond acceptors (Lipinski definition) is 4. The third-order valence-corrected chi connectivity index (χ3v) is 6.78. The van der Waals surface area contributed by atoms with Crippen molar-refractivity contribution in [3.05, 3.63) is 52.9 Å². The summed E-state index contributed by atoms with van der Waals surface area (Å²) in [5.41, 5.74) is 2.35. The molecule has 25 heavy (non-hydrogen) atoms. The van der Waals surface area contributed by atoms with Crippen molar-refractivity contribution >= 4 is 27.3 Å². The average molecular weight is 381 g/mol. The number of carbonyl (C=O) groups excluding carboxylic acids is 1. The number of amides is 1. The van der Waals surface area contributed by atoms with Crippen LogP contribution in [0.2, 0.25) is 0 Å². The molecule has 1 aromatic carbocycles. The maximum atomic E-state index is 12.5. The van der Waals surface area contributed by atoms with E-state index < -0.39 is 16.1 Å². The highest BCUT2D eigenvalue weighted by molar-refractivity contribution is 7.91. The van der Waals surface area contributed by atoms with Gasteiger partial charge in [0.1, 0.15) is 10.3 Å². The summed E-state index contributed by atoms with van der Waals surface area (Å²) >= 11 is 1.13. The second-order valence-electron chi connectivity index (χ2n) is 6.24. The third kappa shape index (κ3) is 5.39. The maximum absolute atomic E-state index is 12.5. The average Bonchev–Trinajstić information content (AvgIpc) is 3.09. The summed E-state index contributed by atoms with van der Waals surface area (Å²) in [6.45, 7) is 6.14. The van der Waals surface area contributed by atoms with E-state index in [0.717, 1.165) is 11.3 Å². The number of nitrogens with one attached hydrogen (secondary N) is 2. The molecule has 0 aliphatic heterocycles. The van der Waals surface area contributed by atoms with Gasteiger partial charge in [0.15, 0.2) is 0 Å². The fraction of sp³-hybridized carbons (Fsp3) is 0.389. The van der Waals surface area contributed by atoms with E-state index in [1.54, 1.807) is 11.4 Å². The molecule has 0 saturated carbocycles. The molecule has 5 nitrogen and oxygen atoms in total. The van der Waals surface area contributed by atoms with Crippen molar-refractivity contribution in [1.82, 2.24) is 10.0 Å². The quantitative estimate of drug-likeness (QED) is 0.739. The van der Waals surface area contributed by atoms with Gasteiger partial charge in [-0.3, -0.25) is 4.79 Å². The molecule has 0 aliphatic carbocycles. The van der Waals surface area contributed by atoms with Crippen molar-refractivity contribution in [2.75, 3.05) is 6.54 Å². The fourth-order valence-electron chi connectivity index (χ4n) is 2.45. The molecule has 0 fully saturated rings. The largest absolute Gasteiger partial charge is 0.354 e. The van der Waals surface area contributed by atoms with Crippen LogP contribution < -0.4 is 10.0 Å². The summed E-state index contributed by atoms with van der Waals surface area (Å²) in [7, 11) is -3.68. The molecule has 136 valence electrons. The van der Waals surface area contributed by atoms with E-state index in [2.05, 4.69) is 10.0 Å². The van der Waals surface area contributed by atoms with Gasteiger partial charge in [0.2, 0.25) is 5.91 Å². The summed E-state index contributed by atoms with van der Waals surface area (Å²) in [5, 5.41) is 4.54. The molecule has 0 aliphatic rings. The van der Waals surface area contributed by atoms with Crippen molar-refractivity contribution < 1.29 is 13.2 Å². The summed E-state index contributed by atoms with van der Waals surface area (Å²) in [5.74, 6) is -0.461. The van der Waals surface area contributed by atoms with Gasteiger partial charge in [0.25, 0.3) is 10.0 Å². The van der Waals surface area contributed by atoms with Crippen LogP contribution in [-0.2, 0) is 21.2 Å². The first-order valence-electron chi connectivity index (χ1n) is 8.19. The zero-order valence-electron chi connectivity index (χ0n) is 14.7. The second kappa shape index (κ2) is 8.60. The van der Waals surface area contributed by atoms with Gasteiger partial charge in [0, 0.05) is 6.54 Å².